The number of thioether (sulfide) groups is 1. The largest absolute Gasteiger partial charge is 0.395 e. The number of aliphatic hydroxyl groups is 1. The molecule has 2 N–H and O–H groups in total. The minimum atomic E-state index is 0.122. The van der Waals surface area contributed by atoms with Crippen LogP contribution in [0.1, 0.15) is 20.3 Å². The van der Waals surface area contributed by atoms with Crippen LogP contribution in [0.25, 0.3) is 0 Å². The minimum Gasteiger partial charge on any atom is -0.395 e. The molecule has 3 unspecified atom stereocenters. The van der Waals surface area contributed by atoms with E-state index >= 15 is 0 Å². The fourth-order valence-electron chi connectivity index (χ4n) is 1.50. The number of nitrogens with zero attached hydrogens (tertiary/aromatic N) is 1. The Morgan fingerprint density at radius 1 is 1.44 bits per heavy atom. The lowest BCUT2D eigenvalue weighted by molar-refractivity contribution is -0.129. The first-order valence-electron chi connectivity index (χ1n) is 5.52. The summed E-state index contributed by atoms with van der Waals surface area (Å²) in [5, 5.41) is 12.7. The van der Waals surface area contributed by atoms with Crippen molar-refractivity contribution in [3.63, 3.8) is 0 Å². The molecule has 0 spiro atoms. The zero-order valence-corrected chi connectivity index (χ0v) is 11.7. The van der Waals surface area contributed by atoms with Crippen LogP contribution in [0.4, 0.5) is 0 Å². The van der Waals surface area contributed by atoms with E-state index in [1.807, 2.05) is 20.1 Å². The van der Waals surface area contributed by atoms with Crippen molar-refractivity contribution >= 4 is 17.7 Å². The van der Waals surface area contributed by atoms with Crippen LogP contribution in [0, 0.1) is 0 Å². The van der Waals surface area contributed by atoms with Crippen LogP contribution in [-0.4, -0.2) is 60.2 Å². The molecule has 16 heavy (non-hydrogen) atoms. The van der Waals surface area contributed by atoms with Crippen molar-refractivity contribution < 1.29 is 9.90 Å². The number of carbonyl (C=O) groups is 1. The number of hydrogen-bond acceptors (Lipinski definition) is 4. The van der Waals surface area contributed by atoms with Crippen LogP contribution in [0.5, 0.6) is 0 Å². The van der Waals surface area contributed by atoms with E-state index in [9.17, 15) is 4.79 Å². The average Bonchev–Trinajstić information content (AvgIpc) is 2.18. The van der Waals surface area contributed by atoms with E-state index in [4.69, 9.17) is 5.11 Å². The minimum absolute atomic E-state index is 0.122. The van der Waals surface area contributed by atoms with Gasteiger partial charge in [0, 0.05) is 37.8 Å². The van der Waals surface area contributed by atoms with Crippen LogP contribution in [0.2, 0.25) is 0 Å². The summed E-state index contributed by atoms with van der Waals surface area (Å²) < 4.78 is 0. The lowest BCUT2D eigenvalue weighted by Crippen LogP contribution is -2.44. The molecular formula is C11H24N2O2S. The van der Waals surface area contributed by atoms with Gasteiger partial charge in [0.15, 0.2) is 0 Å². The van der Waals surface area contributed by atoms with E-state index in [1.165, 1.54) is 0 Å². The Morgan fingerprint density at radius 3 is 2.38 bits per heavy atom. The number of hydrogen-bond donors (Lipinski definition) is 2. The van der Waals surface area contributed by atoms with Gasteiger partial charge < -0.3 is 15.3 Å². The Bertz CT molecular complexity index is 208. The van der Waals surface area contributed by atoms with Crippen molar-refractivity contribution in [3.8, 4) is 0 Å². The molecule has 0 saturated heterocycles. The highest BCUT2D eigenvalue weighted by molar-refractivity contribution is 7.99. The molecule has 1 amide bonds. The summed E-state index contributed by atoms with van der Waals surface area (Å²) in [6.45, 7) is 4.18. The highest BCUT2D eigenvalue weighted by Crippen LogP contribution is 2.11. The Hall–Kier alpha value is -0.260. The van der Waals surface area contributed by atoms with Crippen LogP contribution < -0.4 is 5.32 Å². The standard InChI is InChI=1S/C11H24N2O2S/c1-8(6-11(15)13(3)4)12-9(2)10(7-14)16-5/h8-10,12,14H,6-7H2,1-5H3. The highest BCUT2D eigenvalue weighted by atomic mass is 32.2. The summed E-state index contributed by atoms with van der Waals surface area (Å²) >= 11 is 1.64. The summed E-state index contributed by atoms with van der Waals surface area (Å²) in [5.41, 5.74) is 0. The Kier molecular flexibility index (Phi) is 7.80. The van der Waals surface area contributed by atoms with Gasteiger partial charge in [-0.05, 0) is 20.1 Å². The van der Waals surface area contributed by atoms with Crippen molar-refractivity contribution in [2.24, 2.45) is 0 Å². The number of carbonyl (C=O) groups excluding carboxylic acids is 1. The summed E-state index contributed by atoms with van der Waals surface area (Å²) in [5.74, 6) is 0.122. The molecule has 0 aromatic rings. The molecule has 0 aliphatic carbocycles. The van der Waals surface area contributed by atoms with Gasteiger partial charge in [0.25, 0.3) is 0 Å². The normalized spacial score (nSPS) is 16.6. The maximum Gasteiger partial charge on any atom is 0.223 e. The Morgan fingerprint density at radius 2 is 2.00 bits per heavy atom. The maximum atomic E-state index is 11.5. The van der Waals surface area contributed by atoms with Crippen molar-refractivity contribution in [2.45, 2.75) is 37.6 Å². The Balaban J connectivity index is 4.03. The smallest absolute Gasteiger partial charge is 0.223 e. The third kappa shape index (κ3) is 5.72. The molecule has 0 bridgehead atoms. The van der Waals surface area contributed by atoms with Crippen LogP contribution in [0.3, 0.4) is 0 Å². The van der Waals surface area contributed by atoms with E-state index in [-0.39, 0.29) is 29.8 Å². The Labute approximate surface area is 103 Å². The topological polar surface area (TPSA) is 52.6 Å². The molecule has 0 fully saturated rings. The number of amides is 1. The monoisotopic (exact) mass is 248 g/mol. The van der Waals surface area contributed by atoms with E-state index in [2.05, 4.69) is 5.32 Å². The molecule has 0 aliphatic heterocycles. The predicted octanol–water partition coefficient (Wildman–Crippen LogP) is 0.555. The fraction of sp³-hybridized carbons (Fsp3) is 0.909. The summed E-state index contributed by atoms with van der Waals surface area (Å²) in [6, 6.07) is 0.330. The van der Waals surface area contributed by atoms with Gasteiger partial charge in [-0.25, -0.2) is 0 Å². The first-order valence-corrected chi connectivity index (χ1v) is 6.81. The lowest BCUT2D eigenvalue weighted by Gasteiger charge is -2.25. The van der Waals surface area contributed by atoms with Gasteiger partial charge in [0.2, 0.25) is 5.91 Å². The van der Waals surface area contributed by atoms with E-state index in [0.29, 0.717) is 6.42 Å². The van der Waals surface area contributed by atoms with Crippen molar-refractivity contribution in [2.75, 3.05) is 27.0 Å². The second kappa shape index (κ2) is 7.92. The van der Waals surface area contributed by atoms with Crippen molar-refractivity contribution in [3.05, 3.63) is 0 Å². The molecule has 96 valence electrons. The lowest BCUT2D eigenvalue weighted by atomic mass is 10.1. The van der Waals surface area contributed by atoms with Gasteiger partial charge in [-0.1, -0.05) is 0 Å². The molecule has 0 aromatic heterocycles. The highest BCUT2D eigenvalue weighted by Gasteiger charge is 2.18. The van der Waals surface area contributed by atoms with Gasteiger partial charge in [-0.2, -0.15) is 11.8 Å². The number of aliphatic hydroxyl groups excluding tert-OH is 1. The second-order valence-corrected chi connectivity index (χ2v) is 5.38. The molecule has 3 atom stereocenters. The molecule has 4 nitrogen and oxygen atoms in total. The quantitative estimate of drug-likeness (QED) is 0.691. The van der Waals surface area contributed by atoms with Crippen LogP contribution >= 0.6 is 11.8 Å². The number of nitrogens with one attached hydrogen (secondary N) is 1. The molecule has 5 heteroatoms. The van der Waals surface area contributed by atoms with Gasteiger partial charge in [-0.15, -0.1) is 0 Å². The zero-order valence-electron chi connectivity index (χ0n) is 10.9. The molecule has 0 radical (unpaired) electrons. The molecule has 0 heterocycles. The van der Waals surface area contributed by atoms with Gasteiger partial charge in [0.05, 0.1) is 6.61 Å². The molecule has 0 rings (SSSR count). The third-order valence-electron chi connectivity index (χ3n) is 2.57. The first-order chi connectivity index (χ1) is 7.42. The predicted molar refractivity (Wildman–Crippen MR) is 69.8 cm³/mol. The molecule has 0 saturated carbocycles. The van der Waals surface area contributed by atoms with Gasteiger partial charge >= 0.3 is 0 Å². The van der Waals surface area contributed by atoms with E-state index in [1.54, 1.807) is 30.8 Å². The molecule has 0 aromatic carbocycles. The van der Waals surface area contributed by atoms with Gasteiger partial charge in [0.1, 0.15) is 0 Å². The third-order valence-corrected chi connectivity index (χ3v) is 3.73. The maximum absolute atomic E-state index is 11.5. The SMILES string of the molecule is CSC(CO)C(C)NC(C)CC(=O)N(C)C. The molecular weight excluding hydrogens is 224 g/mol. The fourth-order valence-corrected chi connectivity index (χ4v) is 2.13. The first kappa shape index (κ1) is 15.7. The molecule has 0 aliphatic rings. The van der Waals surface area contributed by atoms with Gasteiger partial charge in [-0.3, -0.25) is 4.79 Å². The van der Waals surface area contributed by atoms with Crippen LogP contribution in [0.15, 0.2) is 0 Å². The van der Waals surface area contributed by atoms with Crippen LogP contribution in [-0.2, 0) is 4.79 Å². The summed E-state index contributed by atoms with van der Waals surface area (Å²) in [7, 11) is 3.52. The summed E-state index contributed by atoms with van der Waals surface area (Å²) in [6.07, 6.45) is 2.47. The van der Waals surface area contributed by atoms with E-state index in [0.717, 1.165) is 0 Å². The average molecular weight is 248 g/mol. The van der Waals surface area contributed by atoms with Crippen molar-refractivity contribution in [1.82, 2.24) is 10.2 Å². The summed E-state index contributed by atoms with van der Waals surface area (Å²) in [4.78, 5) is 13.1. The second-order valence-electron chi connectivity index (χ2n) is 4.31. The van der Waals surface area contributed by atoms with Crippen molar-refractivity contribution in [1.29, 1.82) is 0 Å². The van der Waals surface area contributed by atoms with E-state index < -0.39 is 0 Å². The zero-order chi connectivity index (χ0) is 12.7. The number of rotatable bonds is 7.